The zero-order valence-electron chi connectivity index (χ0n) is 8.89. The first-order chi connectivity index (χ1) is 7.35. The van der Waals surface area contributed by atoms with E-state index in [-0.39, 0.29) is 6.61 Å². The van der Waals surface area contributed by atoms with E-state index in [1.165, 1.54) is 12.8 Å². The second-order valence-electron chi connectivity index (χ2n) is 3.69. The minimum absolute atomic E-state index is 0.162. The molecule has 1 fully saturated rings. The smallest absolute Gasteiger partial charge is 0.214 e. The average molecular weight is 208 g/mol. The van der Waals surface area contributed by atoms with Crippen LogP contribution in [0.3, 0.4) is 0 Å². The van der Waals surface area contributed by atoms with Crippen molar-refractivity contribution in [3.63, 3.8) is 0 Å². The Labute approximate surface area is 89.5 Å². The van der Waals surface area contributed by atoms with Gasteiger partial charge in [0.1, 0.15) is 5.82 Å². The molecule has 0 amide bonds. The highest BCUT2D eigenvalue weighted by atomic mass is 16.5. The van der Waals surface area contributed by atoms with E-state index >= 15 is 0 Å². The van der Waals surface area contributed by atoms with Crippen molar-refractivity contribution in [3.8, 4) is 5.88 Å². The second kappa shape index (κ2) is 4.49. The van der Waals surface area contributed by atoms with Gasteiger partial charge >= 0.3 is 0 Å². The third kappa shape index (κ3) is 2.39. The number of nitrogens with zero attached hydrogens (tertiary/aromatic N) is 2. The van der Waals surface area contributed by atoms with Crippen molar-refractivity contribution in [2.24, 2.45) is 0 Å². The standard InChI is InChI=1S/C11H16N2O2/c1-15-11-4-2-3-10(12-11)13(7-8-14)9-5-6-9/h2-4,9,14H,5-8H2,1H3. The molecule has 0 unspecified atom stereocenters. The predicted molar refractivity (Wildman–Crippen MR) is 58.2 cm³/mol. The molecule has 0 saturated heterocycles. The second-order valence-corrected chi connectivity index (χ2v) is 3.69. The van der Waals surface area contributed by atoms with Gasteiger partial charge in [-0.25, -0.2) is 0 Å². The molecule has 1 aliphatic carbocycles. The number of pyridine rings is 1. The summed E-state index contributed by atoms with van der Waals surface area (Å²) in [5.74, 6) is 1.52. The number of methoxy groups -OCH3 is 1. The maximum atomic E-state index is 9.00. The fourth-order valence-electron chi connectivity index (χ4n) is 1.66. The maximum absolute atomic E-state index is 9.00. The molecule has 1 heterocycles. The van der Waals surface area contributed by atoms with E-state index in [1.807, 2.05) is 18.2 Å². The molecule has 1 N–H and O–H groups in total. The number of rotatable bonds is 5. The van der Waals surface area contributed by atoms with Crippen LogP contribution >= 0.6 is 0 Å². The number of aliphatic hydroxyl groups is 1. The Balaban J connectivity index is 2.16. The summed E-state index contributed by atoms with van der Waals surface area (Å²) < 4.78 is 5.08. The summed E-state index contributed by atoms with van der Waals surface area (Å²) in [5, 5.41) is 9.00. The van der Waals surface area contributed by atoms with Crippen LogP contribution in [0.4, 0.5) is 5.82 Å². The Bertz CT molecular complexity index is 326. The summed E-state index contributed by atoms with van der Waals surface area (Å²) in [5.41, 5.74) is 0. The number of aliphatic hydroxyl groups excluding tert-OH is 1. The third-order valence-electron chi connectivity index (χ3n) is 2.54. The Morgan fingerprint density at radius 3 is 2.93 bits per heavy atom. The summed E-state index contributed by atoms with van der Waals surface area (Å²) in [6.45, 7) is 0.806. The summed E-state index contributed by atoms with van der Waals surface area (Å²) in [6.07, 6.45) is 2.39. The van der Waals surface area contributed by atoms with E-state index in [2.05, 4.69) is 9.88 Å². The molecule has 1 aromatic rings. The molecule has 4 heteroatoms. The van der Waals surface area contributed by atoms with Gasteiger partial charge in [0.15, 0.2) is 0 Å². The maximum Gasteiger partial charge on any atom is 0.214 e. The highest BCUT2D eigenvalue weighted by Crippen LogP contribution is 2.30. The van der Waals surface area contributed by atoms with Crippen molar-refractivity contribution >= 4 is 5.82 Å². The highest BCUT2D eigenvalue weighted by molar-refractivity contribution is 5.43. The van der Waals surface area contributed by atoms with E-state index in [4.69, 9.17) is 9.84 Å². The van der Waals surface area contributed by atoms with Crippen molar-refractivity contribution in [2.45, 2.75) is 18.9 Å². The average Bonchev–Trinajstić information content (AvgIpc) is 3.10. The summed E-state index contributed by atoms with van der Waals surface area (Å²) in [6, 6.07) is 6.26. The lowest BCUT2D eigenvalue weighted by Crippen LogP contribution is -2.29. The van der Waals surface area contributed by atoms with Gasteiger partial charge < -0.3 is 14.7 Å². The van der Waals surface area contributed by atoms with Crippen LogP contribution < -0.4 is 9.64 Å². The molecule has 1 aromatic heterocycles. The molecule has 0 spiro atoms. The first kappa shape index (κ1) is 10.2. The highest BCUT2D eigenvalue weighted by Gasteiger charge is 2.29. The lowest BCUT2D eigenvalue weighted by molar-refractivity contribution is 0.300. The molecule has 0 aliphatic heterocycles. The van der Waals surface area contributed by atoms with Gasteiger partial charge in [0, 0.05) is 18.7 Å². The molecule has 82 valence electrons. The van der Waals surface area contributed by atoms with Crippen molar-refractivity contribution < 1.29 is 9.84 Å². The van der Waals surface area contributed by atoms with Gasteiger partial charge in [0.25, 0.3) is 0 Å². The predicted octanol–water partition coefficient (Wildman–Crippen LogP) is 1.05. The van der Waals surface area contributed by atoms with Gasteiger partial charge in [0.2, 0.25) is 5.88 Å². The van der Waals surface area contributed by atoms with Crippen molar-refractivity contribution in [2.75, 3.05) is 25.2 Å². The van der Waals surface area contributed by atoms with E-state index in [9.17, 15) is 0 Å². The fourth-order valence-corrected chi connectivity index (χ4v) is 1.66. The van der Waals surface area contributed by atoms with Gasteiger partial charge in [-0.15, -0.1) is 0 Å². The van der Waals surface area contributed by atoms with Gasteiger partial charge in [-0.3, -0.25) is 0 Å². The molecular formula is C11H16N2O2. The number of ether oxygens (including phenoxy) is 1. The first-order valence-corrected chi connectivity index (χ1v) is 5.23. The van der Waals surface area contributed by atoms with E-state index in [0.29, 0.717) is 18.5 Å². The minimum Gasteiger partial charge on any atom is -0.481 e. The van der Waals surface area contributed by atoms with Gasteiger partial charge in [-0.2, -0.15) is 4.98 Å². The molecule has 0 atom stereocenters. The molecule has 0 radical (unpaired) electrons. The van der Waals surface area contributed by atoms with Crippen LogP contribution in [0.2, 0.25) is 0 Å². The fraction of sp³-hybridized carbons (Fsp3) is 0.545. The van der Waals surface area contributed by atoms with Gasteiger partial charge in [0.05, 0.1) is 13.7 Å². The van der Waals surface area contributed by atoms with Gasteiger partial charge in [-0.1, -0.05) is 6.07 Å². The largest absolute Gasteiger partial charge is 0.481 e. The Kier molecular flexibility index (Phi) is 3.06. The Hall–Kier alpha value is -1.29. The molecular weight excluding hydrogens is 192 g/mol. The quantitative estimate of drug-likeness (QED) is 0.785. The van der Waals surface area contributed by atoms with Crippen LogP contribution in [-0.2, 0) is 0 Å². The van der Waals surface area contributed by atoms with Crippen LogP contribution in [0.5, 0.6) is 5.88 Å². The van der Waals surface area contributed by atoms with Gasteiger partial charge in [-0.05, 0) is 18.9 Å². The lowest BCUT2D eigenvalue weighted by atomic mass is 10.4. The zero-order valence-corrected chi connectivity index (χ0v) is 8.89. The molecule has 0 aromatic carbocycles. The lowest BCUT2D eigenvalue weighted by Gasteiger charge is -2.22. The molecule has 0 bridgehead atoms. The normalized spacial score (nSPS) is 15.1. The SMILES string of the molecule is COc1cccc(N(CCO)C2CC2)n1. The van der Waals surface area contributed by atoms with Crippen molar-refractivity contribution in [1.82, 2.24) is 4.98 Å². The molecule has 2 rings (SSSR count). The summed E-state index contributed by atoms with van der Waals surface area (Å²) >= 11 is 0. The molecule has 1 saturated carbocycles. The Morgan fingerprint density at radius 1 is 1.53 bits per heavy atom. The topological polar surface area (TPSA) is 45.6 Å². The van der Waals surface area contributed by atoms with Crippen LogP contribution in [0.25, 0.3) is 0 Å². The molecule has 4 nitrogen and oxygen atoms in total. The number of hydrogen-bond donors (Lipinski definition) is 1. The number of anilines is 1. The van der Waals surface area contributed by atoms with E-state index < -0.39 is 0 Å². The molecule has 15 heavy (non-hydrogen) atoms. The van der Waals surface area contributed by atoms with Crippen LogP contribution in [0, 0.1) is 0 Å². The monoisotopic (exact) mass is 208 g/mol. The Morgan fingerprint density at radius 2 is 2.33 bits per heavy atom. The van der Waals surface area contributed by atoms with Crippen LogP contribution in [0.15, 0.2) is 18.2 Å². The van der Waals surface area contributed by atoms with Crippen molar-refractivity contribution in [3.05, 3.63) is 18.2 Å². The first-order valence-electron chi connectivity index (χ1n) is 5.23. The summed E-state index contributed by atoms with van der Waals surface area (Å²) in [4.78, 5) is 6.51. The number of hydrogen-bond acceptors (Lipinski definition) is 4. The van der Waals surface area contributed by atoms with E-state index in [1.54, 1.807) is 7.11 Å². The van der Waals surface area contributed by atoms with Crippen LogP contribution in [-0.4, -0.2) is 36.4 Å². The summed E-state index contributed by atoms with van der Waals surface area (Å²) in [7, 11) is 1.61. The molecule has 1 aliphatic rings. The third-order valence-corrected chi connectivity index (χ3v) is 2.54. The van der Waals surface area contributed by atoms with Crippen molar-refractivity contribution in [1.29, 1.82) is 0 Å². The zero-order chi connectivity index (χ0) is 10.7. The van der Waals surface area contributed by atoms with E-state index in [0.717, 1.165) is 5.82 Å². The number of aromatic nitrogens is 1. The minimum atomic E-state index is 0.162. The van der Waals surface area contributed by atoms with Crippen LogP contribution in [0.1, 0.15) is 12.8 Å².